The van der Waals surface area contributed by atoms with Gasteiger partial charge in [0.05, 0.1) is 13.0 Å². The third kappa shape index (κ3) is 2.68. The van der Waals surface area contributed by atoms with E-state index in [0.717, 1.165) is 32.1 Å². The molecule has 0 aliphatic heterocycles. The second-order valence-corrected chi connectivity index (χ2v) is 3.20. The van der Waals surface area contributed by atoms with Gasteiger partial charge in [-0.2, -0.15) is 0 Å². The molecule has 0 fully saturated rings. The number of rotatable bonds is 1. The van der Waals surface area contributed by atoms with Crippen LogP contribution >= 0.6 is 0 Å². The summed E-state index contributed by atoms with van der Waals surface area (Å²) in [5.74, 6) is 0.102. The van der Waals surface area contributed by atoms with Crippen LogP contribution in [0.1, 0.15) is 32.1 Å². The van der Waals surface area contributed by atoms with Gasteiger partial charge in [0, 0.05) is 0 Å². The number of allylic oxidation sites excluding steroid dienone is 2. The highest BCUT2D eigenvalue weighted by atomic mass is 16.5. The predicted octanol–water partition coefficient (Wildman–Crippen LogP) is 2.30. The predicted molar refractivity (Wildman–Crippen MR) is 47.7 cm³/mol. The zero-order valence-corrected chi connectivity index (χ0v) is 7.58. The number of esters is 1. The lowest BCUT2D eigenvalue weighted by Gasteiger charge is -2.14. The summed E-state index contributed by atoms with van der Waals surface area (Å²) >= 11 is 0. The van der Waals surface area contributed by atoms with Crippen molar-refractivity contribution >= 4 is 5.97 Å². The summed E-state index contributed by atoms with van der Waals surface area (Å²) in [6.45, 7) is 0. The quantitative estimate of drug-likeness (QED) is 0.443. The topological polar surface area (TPSA) is 26.3 Å². The van der Waals surface area contributed by atoms with Crippen molar-refractivity contribution in [1.29, 1.82) is 0 Å². The normalized spacial score (nSPS) is 24.2. The van der Waals surface area contributed by atoms with E-state index in [1.165, 1.54) is 7.11 Å². The average Bonchev–Trinajstić information content (AvgIpc) is 2.02. The molecule has 1 atom stereocenters. The van der Waals surface area contributed by atoms with E-state index in [2.05, 4.69) is 12.2 Å². The first kappa shape index (κ1) is 9.30. The number of hydrogen-bond acceptors (Lipinski definition) is 2. The maximum atomic E-state index is 11.2. The lowest BCUT2D eigenvalue weighted by atomic mass is 9.94. The SMILES string of the molecule is COC(=O)C1CCC=CCCC1. The summed E-state index contributed by atoms with van der Waals surface area (Å²) in [6.07, 6.45) is 9.52. The Kier molecular flexibility index (Phi) is 3.85. The molecule has 2 heteroatoms. The maximum absolute atomic E-state index is 11.2. The van der Waals surface area contributed by atoms with Crippen LogP contribution in [0.5, 0.6) is 0 Å². The highest BCUT2D eigenvalue weighted by Gasteiger charge is 2.17. The van der Waals surface area contributed by atoms with Crippen LogP contribution in [0, 0.1) is 5.92 Å². The van der Waals surface area contributed by atoms with E-state index in [4.69, 9.17) is 4.74 Å². The third-order valence-corrected chi connectivity index (χ3v) is 2.31. The largest absolute Gasteiger partial charge is 0.469 e. The Balaban J connectivity index is 2.42. The van der Waals surface area contributed by atoms with Gasteiger partial charge in [0.1, 0.15) is 0 Å². The number of hydrogen-bond donors (Lipinski definition) is 0. The van der Waals surface area contributed by atoms with Gasteiger partial charge in [0.15, 0.2) is 0 Å². The Morgan fingerprint density at radius 2 is 2.08 bits per heavy atom. The van der Waals surface area contributed by atoms with Crippen molar-refractivity contribution in [3.63, 3.8) is 0 Å². The molecule has 0 saturated carbocycles. The van der Waals surface area contributed by atoms with Gasteiger partial charge in [0.2, 0.25) is 0 Å². The Hall–Kier alpha value is -0.790. The number of ether oxygens (including phenoxy) is 1. The van der Waals surface area contributed by atoms with Gasteiger partial charge in [-0.15, -0.1) is 0 Å². The molecule has 1 aliphatic rings. The fourth-order valence-corrected chi connectivity index (χ4v) is 1.56. The fourth-order valence-electron chi connectivity index (χ4n) is 1.56. The van der Waals surface area contributed by atoms with E-state index in [-0.39, 0.29) is 11.9 Å². The Morgan fingerprint density at radius 3 is 2.83 bits per heavy atom. The van der Waals surface area contributed by atoms with Crippen LogP contribution in [-0.2, 0) is 9.53 Å². The maximum Gasteiger partial charge on any atom is 0.308 e. The molecule has 0 bridgehead atoms. The van der Waals surface area contributed by atoms with Crippen LogP contribution in [0.4, 0.5) is 0 Å². The van der Waals surface area contributed by atoms with E-state index in [1.807, 2.05) is 0 Å². The number of methoxy groups -OCH3 is 1. The van der Waals surface area contributed by atoms with Crippen LogP contribution in [0.25, 0.3) is 0 Å². The summed E-state index contributed by atoms with van der Waals surface area (Å²) in [5, 5.41) is 0. The molecule has 0 heterocycles. The Morgan fingerprint density at radius 1 is 1.33 bits per heavy atom. The molecule has 0 aromatic rings. The van der Waals surface area contributed by atoms with E-state index < -0.39 is 0 Å². The molecule has 1 aliphatic carbocycles. The summed E-state index contributed by atoms with van der Waals surface area (Å²) in [6, 6.07) is 0. The zero-order valence-electron chi connectivity index (χ0n) is 7.58. The highest BCUT2D eigenvalue weighted by Crippen LogP contribution is 2.19. The second kappa shape index (κ2) is 4.96. The van der Waals surface area contributed by atoms with Crippen LogP contribution < -0.4 is 0 Å². The molecule has 0 aromatic carbocycles. The smallest absolute Gasteiger partial charge is 0.308 e. The van der Waals surface area contributed by atoms with Crippen molar-refractivity contribution in [2.24, 2.45) is 5.92 Å². The standard InChI is InChI=1S/C10H16O2/c1-12-10(11)9-7-5-3-2-4-6-8-9/h2-3,9H,4-8H2,1H3. The molecule has 0 N–H and O–H groups in total. The summed E-state index contributed by atoms with van der Waals surface area (Å²) in [7, 11) is 1.47. The molecule has 1 rings (SSSR count). The lowest BCUT2D eigenvalue weighted by Crippen LogP contribution is -2.16. The van der Waals surface area contributed by atoms with Gasteiger partial charge < -0.3 is 4.74 Å². The molecule has 2 nitrogen and oxygen atoms in total. The van der Waals surface area contributed by atoms with E-state index in [1.54, 1.807) is 0 Å². The lowest BCUT2D eigenvalue weighted by molar-refractivity contribution is -0.145. The molecule has 0 saturated heterocycles. The summed E-state index contributed by atoms with van der Waals surface area (Å²) < 4.78 is 4.72. The van der Waals surface area contributed by atoms with Gasteiger partial charge in [-0.3, -0.25) is 4.79 Å². The van der Waals surface area contributed by atoms with Crippen molar-refractivity contribution in [3.8, 4) is 0 Å². The van der Waals surface area contributed by atoms with Crippen molar-refractivity contribution in [2.75, 3.05) is 7.11 Å². The molecule has 12 heavy (non-hydrogen) atoms. The minimum Gasteiger partial charge on any atom is -0.469 e. The van der Waals surface area contributed by atoms with Crippen molar-refractivity contribution in [3.05, 3.63) is 12.2 Å². The van der Waals surface area contributed by atoms with E-state index in [0.29, 0.717) is 0 Å². The first-order chi connectivity index (χ1) is 5.84. The average molecular weight is 168 g/mol. The van der Waals surface area contributed by atoms with Gasteiger partial charge in [-0.1, -0.05) is 12.2 Å². The first-order valence-electron chi connectivity index (χ1n) is 4.57. The van der Waals surface area contributed by atoms with E-state index >= 15 is 0 Å². The zero-order chi connectivity index (χ0) is 8.81. The molecule has 0 radical (unpaired) electrons. The minimum atomic E-state index is -0.0368. The van der Waals surface area contributed by atoms with Crippen molar-refractivity contribution < 1.29 is 9.53 Å². The van der Waals surface area contributed by atoms with E-state index in [9.17, 15) is 4.79 Å². The van der Waals surface area contributed by atoms with Gasteiger partial charge in [-0.05, 0) is 32.1 Å². The summed E-state index contributed by atoms with van der Waals surface area (Å²) in [5.41, 5.74) is 0. The minimum absolute atomic E-state index is 0.0368. The second-order valence-electron chi connectivity index (χ2n) is 3.20. The third-order valence-electron chi connectivity index (χ3n) is 2.31. The molecule has 0 amide bonds. The van der Waals surface area contributed by atoms with Gasteiger partial charge >= 0.3 is 5.97 Å². The monoisotopic (exact) mass is 168 g/mol. The van der Waals surface area contributed by atoms with Crippen LogP contribution in [0.3, 0.4) is 0 Å². The first-order valence-corrected chi connectivity index (χ1v) is 4.57. The Labute approximate surface area is 73.6 Å². The van der Waals surface area contributed by atoms with Crippen LogP contribution in [0.2, 0.25) is 0 Å². The fraction of sp³-hybridized carbons (Fsp3) is 0.700. The highest BCUT2D eigenvalue weighted by molar-refractivity contribution is 5.72. The van der Waals surface area contributed by atoms with Crippen LogP contribution in [0.15, 0.2) is 12.2 Å². The molecule has 0 spiro atoms. The molecule has 1 unspecified atom stereocenters. The van der Waals surface area contributed by atoms with Crippen molar-refractivity contribution in [2.45, 2.75) is 32.1 Å². The molecular weight excluding hydrogens is 152 g/mol. The Bertz CT molecular complexity index is 173. The van der Waals surface area contributed by atoms with Crippen molar-refractivity contribution in [1.82, 2.24) is 0 Å². The number of carbonyl (C=O) groups is 1. The summed E-state index contributed by atoms with van der Waals surface area (Å²) in [4.78, 5) is 11.2. The van der Waals surface area contributed by atoms with Gasteiger partial charge in [-0.25, -0.2) is 0 Å². The molecular formula is C10H16O2. The van der Waals surface area contributed by atoms with Crippen LogP contribution in [-0.4, -0.2) is 13.1 Å². The molecule has 68 valence electrons. The van der Waals surface area contributed by atoms with Gasteiger partial charge in [0.25, 0.3) is 0 Å². The molecule has 0 aromatic heterocycles. The number of carbonyl (C=O) groups excluding carboxylic acids is 1.